The Bertz CT molecular complexity index is 399. The topological polar surface area (TPSA) is 52.6 Å². The lowest BCUT2D eigenvalue weighted by atomic mass is 10.0. The predicted octanol–water partition coefficient (Wildman–Crippen LogP) is 2.33. The first-order chi connectivity index (χ1) is 7.51. The molecular formula is C11H11BrO4. The highest BCUT2D eigenvalue weighted by molar-refractivity contribution is 9.10. The van der Waals surface area contributed by atoms with Gasteiger partial charge in [0.15, 0.2) is 0 Å². The number of methoxy groups -OCH3 is 2. The SMILES string of the molecule is COC(=O)c1cc(C)c(Br)cc1C(=O)OC. The van der Waals surface area contributed by atoms with Gasteiger partial charge in [0.1, 0.15) is 0 Å². The van der Waals surface area contributed by atoms with Crippen molar-refractivity contribution in [3.05, 3.63) is 33.3 Å². The van der Waals surface area contributed by atoms with E-state index in [9.17, 15) is 9.59 Å². The van der Waals surface area contributed by atoms with E-state index in [4.69, 9.17) is 0 Å². The molecule has 0 aliphatic carbocycles. The van der Waals surface area contributed by atoms with Gasteiger partial charge in [-0.05, 0) is 24.6 Å². The quantitative estimate of drug-likeness (QED) is 0.783. The smallest absolute Gasteiger partial charge is 0.338 e. The van der Waals surface area contributed by atoms with Gasteiger partial charge < -0.3 is 9.47 Å². The van der Waals surface area contributed by atoms with Crippen LogP contribution in [0.1, 0.15) is 26.3 Å². The average molecular weight is 287 g/mol. The van der Waals surface area contributed by atoms with Crippen molar-refractivity contribution in [2.75, 3.05) is 14.2 Å². The zero-order valence-electron chi connectivity index (χ0n) is 9.17. The molecule has 4 nitrogen and oxygen atoms in total. The molecule has 0 saturated carbocycles. The van der Waals surface area contributed by atoms with E-state index in [1.54, 1.807) is 12.1 Å². The maximum Gasteiger partial charge on any atom is 0.338 e. The van der Waals surface area contributed by atoms with E-state index in [2.05, 4.69) is 25.4 Å². The molecule has 0 heterocycles. The highest BCUT2D eigenvalue weighted by Gasteiger charge is 2.19. The number of ether oxygens (including phenoxy) is 2. The van der Waals surface area contributed by atoms with Crippen molar-refractivity contribution < 1.29 is 19.1 Å². The second-order valence-electron chi connectivity index (χ2n) is 3.13. The molecule has 0 amide bonds. The maximum absolute atomic E-state index is 11.5. The van der Waals surface area contributed by atoms with Crippen LogP contribution in [0.25, 0.3) is 0 Å². The summed E-state index contributed by atoms with van der Waals surface area (Å²) in [5.74, 6) is -1.13. The van der Waals surface area contributed by atoms with E-state index in [-0.39, 0.29) is 11.1 Å². The van der Waals surface area contributed by atoms with Crippen molar-refractivity contribution in [1.82, 2.24) is 0 Å². The molecule has 0 atom stereocenters. The van der Waals surface area contributed by atoms with E-state index >= 15 is 0 Å². The van der Waals surface area contributed by atoms with Gasteiger partial charge in [-0.25, -0.2) is 9.59 Å². The zero-order chi connectivity index (χ0) is 12.3. The summed E-state index contributed by atoms with van der Waals surface area (Å²) in [4.78, 5) is 22.9. The Hall–Kier alpha value is -1.36. The molecule has 0 aromatic heterocycles. The van der Waals surface area contributed by atoms with Crippen molar-refractivity contribution in [3.8, 4) is 0 Å². The first-order valence-corrected chi connectivity index (χ1v) is 5.27. The van der Waals surface area contributed by atoms with Crippen LogP contribution in [0, 0.1) is 6.92 Å². The van der Waals surface area contributed by atoms with E-state index in [1.807, 2.05) is 6.92 Å². The fourth-order valence-electron chi connectivity index (χ4n) is 1.24. The number of hydrogen-bond acceptors (Lipinski definition) is 4. The van der Waals surface area contributed by atoms with Crippen LogP contribution >= 0.6 is 15.9 Å². The van der Waals surface area contributed by atoms with Crippen LogP contribution in [0.4, 0.5) is 0 Å². The lowest BCUT2D eigenvalue weighted by molar-refractivity contribution is 0.0555. The second kappa shape index (κ2) is 5.12. The molecule has 0 aliphatic heterocycles. The summed E-state index contributed by atoms with van der Waals surface area (Å²) >= 11 is 3.29. The van der Waals surface area contributed by atoms with Crippen LogP contribution in [0.15, 0.2) is 16.6 Å². The molecule has 0 radical (unpaired) electrons. The van der Waals surface area contributed by atoms with Gasteiger partial charge in [0, 0.05) is 4.47 Å². The number of hydrogen-bond donors (Lipinski definition) is 0. The molecule has 0 bridgehead atoms. The standard InChI is InChI=1S/C11H11BrO4/c1-6-4-7(10(13)15-2)8(5-9(6)12)11(14)16-3/h4-5H,1-3H3. The molecule has 0 saturated heterocycles. The van der Waals surface area contributed by atoms with E-state index in [1.165, 1.54) is 14.2 Å². The summed E-state index contributed by atoms with van der Waals surface area (Å²) in [7, 11) is 2.53. The van der Waals surface area contributed by atoms with Gasteiger partial charge in [-0.1, -0.05) is 15.9 Å². The molecule has 86 valence electrons. The molecule has 0 N–H and O–H groups in total. The Morgan fingerprint density at radius 2 is 1.50 bits per heavy atom. The minimum absolute atomic E-state index is 0.187. The third-order valence-electron chi connectivity index (χ3n) is 2.11. The lowest BCUT2D eigenvalue weighted by Crippen LogP contribution is -2.12. The summed E-state index contributed by atoms with van der Waals surface area (Å²) in [5.41, 5.74) is 1.23. The maximum atomic E-state index is 11.5. The van der Waals surface area contributed by atoms with Crippen molar-refractivity contribution in [2.24, 2.45) is 0 Å². The molecule has 16 heavy (non-hydrogen) atoms. The van der Waals surface area contributed by atoms with Crippen LogP contribution in [0.2, 0.25) is 0 Å². The van der Waals surface area contributed by atoms with Crippen LogP contribution in [-0.4, -0.2) is 26.2 Å². The number of esters is 2. The summed E-state index contributed by atoms with van der Waals surface area (Å²) in [6.07, 6.45) is 0. The Labute approximate surface area is 102 Å². The second-order valence-corrected chi connectivity index (χ2v) is 3.98. The van der Waals surface area contributed by atoms with Gasteiger partial charge in [-0.2, -0.15) is 0 Å². The van der Waals surface area contributed by atoms with Crippen molar-refractivity contribution in [3.63, 3.8) is 0 Å². The summed E-state index contributed by atoms with van der Waals surface area (Å²) in [6.45, 7) is 1.82. The Morgan fingerprint density at radius 3 is 1.94 bits per heavy atom. The fourth-order valence-corrected chi connectivity index (χ4v) is 1.58. The number of rotatable bonds is 2. The number of benzene rings is 1. The van der Waals surface area contributed by atoms with Crippen molar-refractivity contribution in [1.29, 1.82) is 0 Å². The largest absolute Gasteiger partial charge is 0.465 e. The van der Waals surface area contributed by atoms with Gasteiger partial charge in [0.2, 0.25) is 0 Å². The average Bonchev–Trinajstić information content (AvgIpc) is 2.30. The third kappa shape index (κ3) is 2.41. The summed E-state index contributed by atoms with van der Waals surface area (Å²) in [6, 6.07) is 3.13. The zero-order valence-corrected chi connectivity index (χ0v) is 10.8. The summed E-state index contributed by atoms with van der Waals surface area (Å²) < 4.78 is 9.94. The van der Waals surface area contributed by atoms with E-state index in [0.29, 0.717) is 0 Å². The Morgan fingerprint density at radius 1 is 1.06 bits per heavy atom. The van der Waals surface area contributed by atoms with E-state index in [0.717, 1.165) is 10.0 Å². The van der Waals surface area contributed by atoms with Gasteiger partial charge in [0.05, 0.1) is 25.3 Å². The molecule has 0 spiro atoms. The molecule has 5 heteroatoms. The fraction of sp³-hybridized carbons (Fsp3) is 0.273. The molecular weight excluding hydrogens is 276 g/mol. The van der Waals surface area contributed by atoms with Crippen molar-refractivity contribution in [2.45, 2.75) is 6.92 Å². The van der Waals surface area contributed by atoms with Gasteiger partial charge >= 0.3 is 11.9 Å². The first-order valence-electron chi connectivity index (χ1n) is 4.48. The Kier molecular flexibility index (Phi) is 4.06. The molecule has 1 rings (SSSR count). The molecule has 0 fully saturated rings. The third-order valence-corrected chi connectivity index (χ3v) is 2.96. The van der Waals surface area contributed by atoms with Crippen LogP contribution < -0.4 is 0 Å². The van der Waals surface area contributed by atoms with Gasteiger partial charge in [0.25, 0.3) is 0 Å². The predicted molar refractivity (Wildman–Crippen MR) is 61.6 cm³/mol. The molecule has 0 aliphatic rings. The lowest BCUT2D eigenvalue weighted by Gasteiger charge is -2.08. The highest BCUT2D eigenvalue weighted by atomic mass is 79.9. The van der Waals surface area contributed by atoms with E-state index < -0.39 is 11.9 Å². The minimum Gasteiger partial charge on any atom is -0.465 e. The molecule has 1 aromatic carbocycles. The number of carbonyl (C=O) groups is 2. The summed E-state index contributed by atoms with van der Waals surface area (Å²) in [5, 5.41) is 0. The van der Waals surface area contributed by atoms with Crippen LogP contribution in [-0.2, 0) is 9.47 Å². The van der Waals surface area contributed by atoms with Gasteiger partial charge in [-0.3, -0.25) is 0 Å². The Balaban J connectivity index is 3.38. The minimum atomic E-state index is -0.568. The van der Waals surface area contributed by atoms with Crippen LogP contribution in [0.5, 0.6) is 0 Å². The highest BCUT2D eigenvalue weighted by Crippen LogP contribution is 2.22. The van der Waals surface area contributed by atoms with Crippen molar-refractivity contribution >= 4 is 27.9 Å². The molecule has 0 unspecified atom stereocenters. The number of carbonyl (C=O) groups excluding carboxylic acids is 2. The number of aryl methyl sites for hydroxylation is 1. The first kappa shape index (κ1) is 12.7. The monoisotopic (exact) mass is 286 g/mol. The van der Waals surface area contributed by atoms with Gasteiger partial charge in [-0.15, -0.1) is 0 Å². The number of halogens is 1. The normalized spacial score (nSPS) is 9.75. The van der Waals surface area contributed by atoms with Crippen LogP contribution in [0.3, 0.4) is 0 Å². The molecule has 1 aromatic rings.